The third kappa shape index (κ3) is 2.67. The summed E-state index contributed by atoms with van der Waals surface area (Å²) in [5.41, 5.74) is 0.576. The zero-order valence-electron chi connectivity index (χ0n) is 12.1. The van der Waals surface area contributed by atoms with E-state index in [0.717, 1.165) is 16.4 Å². The average Bonchev–Trinajstić information content (AvgIpc) is 2.69. The van der Waals surface area contributed by atoms with Crippen molar-refractivity contribution in [1.82, 2.24) is 4.31 Å². The van der Waals surface area contributed by atoms with E-state index < -0.39 is 27.9 Å². The summed E-state index contributed by atoms with van der Waals surface area (Å²) in [6.45, 7) is 4.91. The van der Waals surface area contributed by atoms with Crippen molar-refractivity contribution in [2.75, 3.05) is 6.54 Å². The van der Waals surface area contributed by atoms with Crippen molar-refractivity contribution in [3.63, 3.8) is 0 Å². The van der Waals surface area contributed by atoms with E-state index >= 15 is 0 Å². The predicted octanol–water partition coefficient (Wildman–Crippen LogP) is 1.93. The molecule has 0 amide bonds. The number of sulfonamides is 1. The Morgan fingerprint density at radius 3 is 2.33 bits per heavy atom. The number of halogens is 1. The normalized spacial score (nSPS) is 23.4. The number of hydrogen-bond donors (Lipinski definition) is 1. The van der Waals surface area contributed by atoms with Gasteiger partial charge in [0.25, 0.3) is 0 Å². The maximum atomic E-state index is 13.3. The molecule has 0 aromatic heterocycles. The summed E-state index contributed by atoms with van der Waals surface area (Å²) >= 11 is 0. The fraction of sp³-hybridized carbons (Fsp3) is 0.500. The maximum Gasteiger partial charge on any atom is 0.322 e. The predicted molar refractivity (Wildman–Crippen MR) is 75.0 cm³/mol. The first-order valence-corrected chi connectivity index (χ1v) is 8.11. The molecule has 1 aliphatic rings. The van der Waals surface area contributed by atoms with Crippen molar-refractivity contribution in [3.8, 4) is 0 Å². The van der Waals surface area contributed by atoms with Crippen molar-refractivity contribution >= 4 is 16.0 Å². The summed E-state index contributed by atoms with van der Waals surface area (Å²) in [5.74, 6) is -1.91. The third-order valence-electron chi connectivity index (χ3n) is 3.90. The second-order valence-corrected chi connectivity index (χ2v) is 7.36. The standard InChI is InChI=1S/C14H18FNO4S/c1-8-4-5-16(12(8)14(17)18)21(19,20)13-9(2)6-11(15)7-10(13)3/h6-8,12H,4-5H2,1-3H3,(H,17,18). The van der Waals surface area contributed by atoms with Gasteiger partial charge in [0.1, 0.15) is 11.9 Å². The highest BCUT2D eigenvalue weighted by atomic mass is 32.2. The van der Waals surface area contributed by atoms with Gasteiger partial charge >= 0.3 is 5.97 Å². The summed E-state index contributed by atoms with van der Waals surface area (Å²) in [4.78, 5) is 11.4. The monoisotopic (exact) mass is 315 g/mol. The van der Waals surface area contributed by atoms with Gasteiger partial charge in [0.15, 0.2) is 0 Å². The molecule has 21 heavy (non-hydrogen) atoms. The van der Waals surface area contributed by atoms with Gasteiger partial charge in [-0.2, -0.15) is 4.31 Å². The van der Waals surface area contributed by atoms with Crippen LogP contribution in [0.25, 0.3) is 0 Å². The molecule has 1 aromatic carbocycles. The van der Waals surface area contributed by atoms with Gasteiger partial charge in [-0.1, -0.05) is 6.92 Å². The van der Waals surface area contributed by atoms with E-state index in [4.69, 9.17) is 0 Å². The quantitative estimate of drug-likeness (QED) is 0.925. The molecule has 0 saturated carbocycles. The fourth-order valence-corrected chi connectivity index (χ4v) is 5.08. The molecule has 1 fully saturated rings. The third-order valence-corrected chi connectivity index (χ3v) is 6.09. The molecule has 0 bridgehead atoms. The first-order valence-electron chi connectivity index (χ1n) is 6.67. The Morgan fingerprint density at radius 1 is 1.33 bits per heavy atom. The molecule has 2 rings (SSSR count). The first kappa shape index (κ1) is 15.9. The van der Waals surface area contributed by atoms with Crippen LogP contribution in [0.3, 0.4) is 0 Å². The van der Waals surface area contributed by atoms with E-state index in [1.807, 2.05) is 0 Å². The number of carbonyl (C=O) groups is 1. The lowest BCUT2D eigenvalue weighted by Gasteiger charge is -2.24. The van der Waals surface area contributed by atoms with Gasteiger partial charge in [0.05, 0.1) is 4.90 Å². The van der Waals surface area contributed by atoms with Crippen LogP contribution in [-0.2, 0) is 14.8 Å². The van der Waals surface area contributed by atoms with Crippen LogP contribution in [0.4, 0.5) is 4.39 Å². The van der Waals surface area contributed by atoms with Crippen LogP contribution >= 0.6 is 0 Å². The van der Waals surface area contributed by atoms with E-state index in [9.17, 15) is 22.7 Å². The summed E-state index contributed by atoms with van der Waals surface area (Å²) in [6, 6.07) is 1.23. The van der Waals surface area contributed by atoms with Crippen molar-refractivity contribution in [2.45, 2.75) is 38.1 Å². The molecule has 1 heterocycles. The number of hydrogen-bond acceptors (Lipinski definition) is 3. The van der Waals surface area contributed by atoms with Crippen molar-refractivity contribution in [3.05, 3.63) is 29.1 Å². The lowest BCUT2D eigenvalue weighted by atomic mass is 10.0. The highest BCUT2D eigenvalue weighted by Gasteiger charge is 2.44. The van der Waals surface area contributed by atoms with E-state index in [1.54, 1.807) is 6.92 Å². The van der Waals surface area contributed by atoms with Crippen LogP contribution < -0.4 is 0 Å². The van der Waals surface area contributed by atoms with Crippen molar-refractivity contribution in [1.29, 1.82) is 0 Å². The van der Waals surface area contributed by atoms with E-state index in [0.29, 0.717) is 6.42 Å². The highest BCUT2D eigenvalue weighted by molar-refractivity contribution is 7.89. The molecule has 1 aliphatic heterocycles. The van der Waals surface area contributed by atoms with Crippen LogP contribution in [0.5, 0.6) is 0 Å². The van der Waals surface area contributed by atoms with Crippen LogP contribution in [0.15, 0.2) is 17.0 Å². The summed E-state index contributed by atoms with van der Waals surface area (Å²) in [5, 5.41) is 9.28. The van der Waals surface area contributed by atoms with Gasteiger partial charge < -0.3 is 5.11 Å². The lowest BCUT2D eigenvalue weighted by Crippen LogP contribution is -2.43. The number of rotatable bonds is 3. The molecular weight excluding hydrogens is 297 g/mol. The number of benzene rings is 1. The van der Waals surface area contributed by atoms with Crippen molar-refractivity contribution in [2.24, 2.45) is 5.92 Å². The molecule has 2 unspecified atom stereocenters. The molecule has 1 aromatic rings. The zero-order chi connectivity index (χ0) is 15.9. The second-order valence-electron chi connectivity index (χ2n) is 5.53. The Labute approximate surface area is 123 Å². The number of aliphatic carboxylic acids is 1. The number of carboxylic acids is 1. The molecule has 116 valence electrons. The Balaban J connectivity index is 2.55. The molecule has 0 radical (unpaired) electrons. The smallest absolute Gasteiger partial charge is 0.322 e. The van der Waals surface area contributed by atoms with E-state index in [2.05, 4.69) is 0 Å². The highest BCUT2D eigenvalue weighted by Crippen LogP contribution is 2.33. The van der Waals surface area contributed by atoms with Crippen LogP contribution in [0.1, 0.15) is 24.5 Å². The van der Waals surface area contributed by atoms with Gasteiger partial charge in [-0.3, -0.25) is 4.79 Å². The molecule has 0 spiro atoms. The molecule has 7 heteroatoms. The molecule has 1 saturated heterocycles. The molecular formula is C14H18FNO4S. The van der Waals surface area contributed by atoms with Gasteiger partial charge in [-0.15, -0.1) is 0 Å². The average molecular weight is 315 g/mol. The van der Waals surface area contributed by atoms with Gasteiger partial charge in [0.2, 0.25) is 10.0 Å². The minimum atomic E-state index is -3.96. The number of aryl methyl sites for hydroxylation is 2. The van der Waals surface area contributed by atoms with Crippen molar-refractivity contribution < 1.29 is 22.7 Å². The fourth-order valence-electron chi connectivity index (χ4n) is 2.97. The SMILES string of the molecule is Cc1cc(F)cc(C)c1S(=O)(=O)N1CCC(C)C1C(=O)O. The molecule has 2 atom stereocenters. The lowest BCUT2D eigenvalue weighted by molar-refractivity contribution is -0.141. The largest absolute Gasteiger partial charge is 0.480 e. The topological polar surface area (TPSA) is 74.7 Å². The Morgan fingerprint density at radius 2 is 1.86 bits per heavy atom. The number of carboxylic acid groups (broad SMARTS) is 1. The molecule has 5 nitrogen and oxygen atoms in total. The van der Waals surface area contributed by atoms with Gasteiger partial charge in [-0.05, 0) is 49.4 Å². The van der Waals surface area contributed by atoms with Gasteiger partial charge in [0, 0.05) is 6.54 Å². The van der Waals surface area contributed by atoms with Gasteiger partial charge in [-0.25, -0.2) is 12.8 Å². The first-order chi connectivity index (χ1) is 9.66. The summed E-state index contributed by atoms with van der Waals surface area (Å²) in [6.07, 6.45) is 0.496. The molecule has 1 N–H and O–H groups in total. The maximum absolute atomic E-state index is 13.3. The Kier molecular flexibility index (Phi) is 4.08. The minimum absolute atomic E-state index is 0.00394. The Hall–Kier alpha value is -1.47. The van der Waals surface area contributed by atoms with E-state index in [-0.39, 0.29) is 28.5 Å². The van der Waals surface area contributed by atoms with Crippen LogP contribution in [0.2, 0.25) is 0 Å². The zero-order valence-corrected chi connectivity index (χ0v) is 12.9. The molecule has 0 aliphatic carbocycles. The van der Waals surface area contributed by atoms with Crippen LogP contribution in [0, 0.1) is 25.6 Å². The van der Waals surface area contributed by atoms with E-state index in [1.165, 1.54) is 13.8 Å². The second kappa shape index (κ2) is 5.38. The number of nitrogens with zero attached hydrogens (tertiary/aromatic N) is 1. The van der Waals surface area contributed by atoms with Crippen LogP contribution in [-0.4, -0.2) is 36.4 Å². The summed E-state index contributed by atoms with van der Waals surface area (Å²) < 4.78 is 39.9. The summed E-state index contributed by atoms with van der Waals surface area (Å²) in [7, 11) is -3.96. The minimum Gasteiger partial charge on any atom is -0.480 e. The Bertz CT molecular complexity index is 663.